The number of hydrogen-bond donors (Lipinski definition) is 2. The normalized spacial score (nSPS) is 29.1. The molecule has 0 aromatic heterocycles. The Bertz CT molecular complexity index is 547. The van der Waals surface area contributed by atoms with Gasteiger partial charge in [0.05, 0.1) is 0 Å². The van der Waals surface area contributed by atoms with E-state index in [-0.39, 0.29) is 12.8 Å². The fourth-order valence-electron chi connectivity index (χ4n) is 3.50. The molecular weight excluding hydrogens is 288 g/mol. The smallest absolute Gasteiger partial charge is 0.303 e. The fraction of sp³-hybridized carbons (Fsp3) is 0.500. The minimum Gasteiger partial charge on any atom is -0.481 e. The monoisotopic (exact) mass is 306 g/mol. The van der Waals surface area contributed by atoms with E-state index in [0.29, 0.717) is 25.7 Å². The molecule has 2 unspecified atom stereocenters. The average molecular weight is 306 g/mol. The number of hydrogen-bond acceptors (Lipinski definition) is 4. The van der Waals surface area contributed by atoms with E-state index in [0.717, 1.165) is 11.1 Å². The molecule has 6 nitrogen and oxygen atoms in total. The third kappa shape index (κ3) is 2.38. The number of carboxylic acids is 2. The quantitative estimate of drug-likeness (QED) is 0.785. The van der Waals surface area contributed by atoms with E-state index in [9.17, 15) is 9.59 Å². The molecule has 6 heteroatoms. The summed E-state index contributed by atoms with van der Waals surface area (Å²) >= 11 is 0. The molecule has 2 atom stereocenters. The summed E-state index contributed by atoms with van der Waals surface area (Å²) in [6.45, 7) is 0. The Balaban J connectivity index is 1.95. The van der Waals surface area contributed by atoms with Gasteiger partial charge in [0, 0.05) is 12.8 Å². The zero-order chi connectivity index (χ0) is 15.8. The number of carbonyl (C=O) groups is 2. The van der Waals surface area contributed by atoms with Crippen LogP contribution in [-0.4, -0.2) is 22.2 Å². The summed E-state index contributed by atoms with van der Waals surface area (Å²) in [5.74, 6) is -1.74. The number of carboxylic acid groups (broad SMARTS) is 2. The van der Waals surface area contributed by atoms with E-state index in [1.165, 1.54) is 0 Å². The van der Waals surface area contributed by atoms with Gasteiger partial charge in [-0.3, -0.25) is 9.59 Å². The van der Waals surface area contributed by atoms with Crippen molar-refractivity contribution in [3.05, 3.63) is 35.4 Å². The highest BCUT2D eigenvalue weighted by atomic mass is 17.2. The van der Waals surface area contributed by atoms with Gasteiger partial charge in [-0.05, 0) is 36.8 Å². The van der Waals surface area contributed by atoms with Crippen LogP contribution in [0.3, 0.4) is 0 Å². The van der Waals surface area contributed by atoms with E-state index in [1.54, 1.807) is 0 Å². The van der Waals surface area contributed by atoms with E-state index >= 15 is 0 Å². The Morgan fingerprint density at radius 3 is 1.64 bits per heavy atom. The first-order valence-corrected chi connectivity index (χ1v) is 7.38. The minimum atomic E-state index is -0.872. The Morgan fingerprint density at radius 2 is 1.32 bits per heavy atom. The van der Waals surface area contributed by atoms with Gasteiger partial charge in [0.2, 0.25) is 0 Å². The number of fused-ring (bicyclic) bond motifs is 2. The van der Waals surface area contributed by atoms with Crippen molar-refractivity contribution in [1.82, 2.24) is 0 Å². The van der Waals surface area contributed by atoms with Gasteiger partial charge in [0.15, 0.2) is 0 Å². The molecule has 2 aliphatic heterocycles. The third-order valence-electron chi connectivity index (χ3n) is 4.69. The Labute approximate surface area is 127 Å². The summed E-state index contributed by atoms with van der Waals surface area (Å²) in [6, 6.07) is 7.62. The molecule has 3 aliphatic rings. The Morgan fingerprint density at radius 1 is 0.909 bits per heavy atom. The summed E-state index contributed by atoms with van der Waals surface area (Å²) < 4.78 is 0. The topological polar surface area (TPSA) is 93.1 Å². The molecule has 2 heterocycles. The molecule has 1 saturated heterocycles. The van der Waals surface area contributed by atoms with Gasteiger partial charge in [-0.2, -0.15) is 0 Å². The molecule has 1 aromatic carbocycles. The second-order valence-electron chi connectivity index (χ2n) is 5.99. The van der Waals surface area contributed by atoms with Gasteiger partial charge in [-0.25, -0.2) is 9.78 Å². The molecule has 0 amide bonds. The first-order valence-electron chi connectivity index (χ1n) is 7.38. The molecule has 118 valence electrons. The lowest BCUT2D eigenvalue weighted by atomic mass is 9.67. The van der Waals surface area contributed by atoms with Crippen molar-refractivity contribution >= 4 is 11.9 Å². The van der Waals surface area contributed by atoms with Crippen LogP contribution in [0.25, 0.3) is 0 Å². The summed E-state index contributed by atoms with van der Waals surface area (Å²) in [7, 11) is 0. The van der Waals surface area contributed by atoms with Gasteiger partial charge < -0.3 is 10.2 Å². The van der Waals surface area contributed by atoms with Gasteiger partial charge in [0.25, 0.3) is 0 Å². The number of aliphatic carboxylic acids is 2. The lowest BCUT2D eigenvalue weighted by molar-refractivity contribution is -0.465. The second kappa shape index (κ2) is 5.37. The van der Waals surface area contributed by atoms with Crippen LogP contribution in [0.5, 0.6) is 0 Å². The summed E-state index contributed by atoms with van der Waals surface area (Å²) in [5.41, 5.74) is 0.387. The summed E-state index contributed by atoms with van der Waals surface area (Å²) in [4.78, 5) is 33.0. The SMILES string of the molecule is O=C(O)CCC12CCC(CCC(=O)O)(OO1)c1ccccc12. The Hall–Kier alpha value is -1.92. The largest absolute Gasteiger partial charge is 0.481 e. The van der Waals surface area contributed by atoms with Crippen molar-refractivity contribution in [2.24, 2.45) is 0 Å². The number of benzene rings is 1. The first kappa shape index (κ1) is 15.0. The molecular formula is C16H18O6. The highest BCUT2D eigenvalue weighted by Gasteiger charge is 2.55. The maximum absolute atomic E-state index is 10.9. The van der Waals surface area contributed by atoms with Crippen LogP contribution in [0.4, 0.5) is 0 Å². The molecule has 1 aromatic rings. The molecule has 1 aliphatic carbocycles. The van der Waals surface area contributed by atoms with Crippen molar-refractivity contribution in [1.29, 1.82) is 0 Å². The third-order valence-corrected chi connectivity index (χ3v) is 4.69. The van der Waals surface area contributed by atoms with Crippen molar-refractivity contribution in [3.8, 4) is 0 Å². The van der Waals surface area contributed by atoms with Crippen LogP contribution in [0.15, 0.2) is 24.3 Å². The fourth-order valence-corrected chi connectivity index (χ4v) is 3.50. The van der Waals surface area contributed by atoms with Gasteiger partial charge in [-0.1, -0.05) is 24.3 Å². The predicted molar refractivity (Wildman–Crippen MR) is 74.9 cm³/mol. The molecule has 1 fully saturated rings. The van der Waals surface area contributed by atoms with Crippen LogP contribution >= 0.6 is 0 Å². The maximum atomic E-state index is 10.9. The van der Waals surface area contributed by atoms with Crippen LogP contribution < -0.4 is 0 Å². The van der Waals surface area contributed by atoms with Crippen LogP contribution in [-0.2, 0) is 30.6 Å². The molecule has 0 saturated carbocycles. The van der Waals surface area contributed by atoms with E-state index in [4.69, 9.17) is 20.0 Å². The molecule has 2 bridgehead atoms. The first-order chi connectivity index (χ1) is 10.5. The summed E-state index contributed by atoms with van der Waals surface area (Å²) in [6.07, 6.45) is 1.95. The second-order valence-corrected chi connectivity index (χ2v) is 5.99. The predicted octanol–water partition coefficient (Wildman–Crippen LogP) is 2.56. The lowest BCUT2D eigenvalue weighted by Crippen LogP contribution is -2.51. The average Bonchev–Trinajstić information content (AvgIpc) is 2.53. The highest BCUT2D eigenvalue weighted by molar-refractivity contribution is 5.67. The zero-order valence-corrected chi connectivity index (χ0v) is 12.1. The molecule has 0 radical (unpaired) electrons. The van der Waals surface area contributed by atoms with Crippen LogP contribution in [0.2, 0.25) is 0 Å². The molecule has 2 N–H and O–H groups in total. The summed E-state index contributed by atoms with van der Waals surface area (Å²) in [5, 5.41) is 17.9. The van der Waals surface area contributed by atoms with Crippen LogP contribution in [0, 0.1) is 0 Å². The van der Waals surface area contributed by atoms with Crippen LogP contribution in [0.1, 0.15) is 49.7 Å². The van der Waals surface area contributed by atoms with Crippen molar-refractivity contribution in [2.75, 3.05) is 0 Å². The maximum Gasteiger partial charge on any atom is 0.303 e. The van der Waals surface area contributed by atoms with E-state index < -0.39 is 23.1 Å². The zero-order valence-electron chi connectivity index (χ0n) is 12.1. The van der Waals surface area contributed by atoms with E-state index in [1.807, 2.05) is 24.3 Å². The Kier molecular flexibility index (Phi) is 3.66. The van der Waals surface area contributed by atoms with Crippen molar-refractivity contribution in [3.63, 3.8) is 0 Å². The van der Waals surface area contributed by atoms with Crippen molar-refractivity contribution < 1.29 is 29.6 Å². The molecule has 0 spiro atoms. The number of rotatable bonds is 6. The molecule has 22 heavy (non-hydrogen) atoms. The van der Waals surface area contributed by atoms with Gasteiger partial charge >= 0.3 is 11.9 Å². The minimum absolute atomic E-state index is 0.000178. The van der Waals surface area contributed by atoms with Gasteiger partial charge in [-0.15, -0.1) is 0 Å². The molecule has 4 rings (SSSR count). The van der Waals surface area contributed by atoms with Gasteiger partial charge in [0.1, 0.15) is 11.2 Å². The highest BCUT2D eigenvalue weighted by Crippen LogP contribution is 2.56. The lowest BCUT2D eigenvalue weighted by Gasteiger charge is -2.52. The standard InChI is InChI=1S/C16H18O6/c17-13(18)5-7-15-9-10-16(22-21-15,8-6-14(19)20)12-4-2-1-3-11(12)15/h1-4H,5-10H2,(H,17,18)(H,19,20). The van der Waals surface area contributed by atoms with E-state index in [2.05, 4.69) is 0 Å². The van der Waals surface area contributed by atoms with Crippen molar-refractivity contribution in [2.45, 2.75) is 49.7 Å².